The Kier molecular flexibility index (Phi) is 3.76. The van der Waals surface area contributed by atoms with Gasteiger partial charge in [0.15, 0.2) is 0 Å². The van der Waals surface area contributed by atoms with E-state index in [1.54, 1.807) is 6.92 Å². The van der Waals surface area contributed by atoms with E-state index in [2.05, 4.69) is 17.7 Å². The van der Waals surface area contributed by atoms with Crippen molar-refractivity contribution in [2.45, 2.75) is 26.7 Å². The maximum Gasteiger partial charge on any atom is 0.478 e. The molecule has 1 heterocycles. The Hall–Kier alpha value is -1.01. The number of quaternary nitrogens is 1. The highest BCUT2D eigenvalue weighted by Crippen LogP contribution is 2.20. The van der Waals surface area contributed by atoms with Gasteiger partial charge in [0, 0.05) is 6.54 Å². The Labute approximate surface area is 94.4 Å². The van der Waals surface area contributed by atoms with E-state index in [4.69, 9.17) is 12.2 Å². The van der Waals surface area contributed by atoms with E-state index < -0.39 is 11.8 Å². The van der Waals surface area contributed by atoms with Gasteiger partial charge in [-0.2, -0.15) is 5.43 Å². The zero-order chi connectivity index (χ0) is 11.5. The smallest absolute Gasteiger partial charge is 0.359 e. The Bertz CT molecular complexity index is 290. The van der Waals surface area contributed by atoms with Gasteiger partial charge >= 0.3 is 11.8 Å². The van der Waals surface area contributed by atoms with Crippen molar-refractivity contribution < 1.29 is 14.2 Å². The number of amides is 2. The molecule has 1 aliphatic heterocycles. The van der Waals surface area contributed by atoms with E-state index in [1.807, 2.05) is 0 Å². The number of likely N-dealkylation sites (N-methyl/N-ethyl adjacent to an activating group) is 1. The standard InChI is InChI=1S/C9H15N3O2S/c1-3-5-6-10-9(15)11-12(4-2)7(13)8(12)14/h3-6H2,1-2H3,(H-,10,11,15)/p+1. The van der Waals surface area contributed by atoms with Gasteiger partial charge < -0.3 is 5.32 Å². The molecule has 0 aromatic carbocycles. The zero-order valence-corrected chi connectivity index (χ0v) is 9.82. The van der Waals surface area contributed by atoms with Crippen LogP contribution in [-0.4, -0.2) is 34.6 Å². The van der Waals surface area contributed by atoms with Crippen LogP contribution in [0.3, 0.4) is 0 Å². The molecule has 0 saturated carbocycles. The third-order valence-electron chi connectivity index (χ3n) is 2.41. The summed E-state index contributed by atoms with van der Waals surface area (Å²) < 4.78 is -0.335. The van der Waals surface area contributed by atoms with Crippen LogP contribution in [0.15, 0.2) is 0 Å². The zero-order valence-electron chi connectivity index (χ0n) is 9.00. The number of rotatable bonds is 5. The van der Waals surface area contributed by atoms with Crippen LogP contribution in [0, 0.1) is 0 Å². The predicted molar refractivity (Wildman–Crippen MR) is 59.5 cm³/mol. The van der Waals surface area contributed by atoms with Gasteiger partial charge in [0.05, 0.1) is 0 Å². The number of nitrogens with one attached hydrogen (secondary N) is 2. The molecule has 0 unspecified atom stereocenters. The van der Waals surface area contributed by atoms with Crippen molar-refractivity contribution in [3.05, 3.63) is 0 Å². The van der Waals surface area contributed by atoms with Crippen LogP contribution in [0.2, 0.25) is 0 Å². The van der Waals surface area contributed by atoms with Crippen molar-refractivity contribution in [2.24, 2.45) is 0 Å². The van der Waals surface area contributed by atoms with E-state index in [-0.39, 0.29) is 4.59 Å². The number of thiocarbonyl (C=S) groups is 1. The average Bonchev–Trinajstić information content (AvgIpc) is 2.72. The van der Waals surface area contributed by atoms with Gasteiger partial charge in [-0.1, -0.05) is 17.9 Å². The summed E-state index contributed by atoms with van der Waals surface area (Å²) in [7, 11) is 0. The third kappa shape index (κ3) is 2.32. The second-order valence-corrected chi connectivity index (χ2v) is 3.87. The van der Waals surface area contributed by atoms with Gasteiger partial charge in [-0.3, -0.25) is 0 Å². The number of nitrogens with zero attached hydrogens (tertiary/aromatic N) is 1. The fourth-order valence-corrected chi connectivity index (χ4v) is 1.55. The van der Waals surface area contributed by atoms with Crippen LogP contribution in [-0.2, 0) is 9.59 Å². The highest BCUT2D eigenvalue weighted by Gasteiger charge is 2.70. The van der Waals surface area contributed by atoms with Crippen LogP contribution in [0.25, 0.3) is 0 Å². The molecular weight excluding hydrogens is 214 g/mol. The van der Waals surface area contributed by atoms with E-state index in [1.165, 1.54) is 0 Å². The fraction of sp³-hybridized carbons (Fsp3) is 0.667. The van der Waals surface area contributed by atoms with Crippen molar-refractivity contribution in [3.8, 4) is 0 Å². The molecule has 0 bridgehead atoms. The molecule has 1 fully saturated rings. The first-order valence-corrected chi connectivity index (χ1v) is 5.53. The first-order chi connectivity index (χ1) is 7.08. The second kappa shape index (κ2) is 4.67. The first-order valence-electron chi connectivity index (χ1n) is 5.12. The minimum atomic E-state index is -0.419. The van der Waals surface area contributed by atoms with Crippen LogP contribution in [0.1, 0.15) is 26.7 Å². The van der Waals surface area contributed by atoms with Gasteiger partial charge in [-0.25, -0.2) is 9.59 Å². The molecule has 0 aromatic rings. The van der Waals surface area contributed by atoms with Gasteiger partial charge in [0.25, 0.3) is 0 Å². The number of carbonyl (C=O) groups excluding carboxylic acids is 2. The van der Waals surface area contributed by atoms with Gasteiger partial charge in [-0.15, -0.1) is 0 Å². The van der Waals surface area contributed by atoms with Crippen LogP contribution >= 0.6 is 12.2 Å². The lowest BCUT2D eigenvalue weighted by Crippen LogP contribution is -2.51. The average molecular weight is 230 g/mol. The number of carbonyl (C=O) groups is 2. The van der Waals surface area contributed by atoms with E-state index in [0.717, 1.165) is 19.4 Å². The molecule has 1 aliphatic rings. The molecule has 2 amide bonds. The van der Waals surface area contributed by atoms with Crippen molar-refractivity contribution in [1.29, 1.82) is 0 Å². The molecule has 0 spiro atoms. The minimum Gasteiger partial charge on any atom is -0.359 e. The highest BCUT2D eigenvalue weighted by molar-refractivity contribution is 7.80. The molecule has 2 N–H and O–H groups in total. The molecule has 6 heteroatoms. The van der Waals surface area contributed by atoms with E-state index in [0.29, 0.717) is 11.7 Å². The number of hydrogen-bond donors (Lipinski definition) is 2. The first kappa shape index (κ1) is 12.1. The highest BCUT2D eigenvalue weighted by atomic mass is 32.1. The number of imide groups is 1. The summed E-state index contributed by atoms with van der Waals surface area (Å²) in [6, 6.07) is 0. The lowest BCUT2D eigenvalue weighted by Gasteiger charge is -2.13. The molecule has 1 saturated heterocycles. The summed E-state index contributed by atoms with van der Waals surface area (Å²) in [5.41, 5.74) is 2.73. The van der Waals surface area contributed by atoms with Gasteiger partial charge in [0.1, 0.15) is 6.54 Å². The summed E-state index contributed by atoms with van der Waals surface area (Å²) >= 11 is 4.99. The van der Waals surface area contributed by atoms with Gasteiger partial charge in [-0.05, 0) is 25.6 Å². The maximum absolute atomic E-state index is 11.1. The van der Waals surface area contributed by atoms with Crippen LogP contribution < -0.4 is 10.7 Å². The fourth-order valence-electron chi connectivity index (χ4n) is 1.29. The summed E-state index contributed by atoms with van der Waals surface area (Å²) in [5.74, 6) is -0.839. The molecule has 5 nitrogen and oxygen atoms in total. The lowest BCUT2D eigenvalue weighted by molar-refractivity contribution is -0.747. The summed E-state index contributed by atoms with van der Waals surface area (Å²) in [6.45, 7) is 5.00. The normalized spacial score (nSPS) is 17.5. The summed E-state index contributed by atoms with van der Waals surface area (Å²) in [5, 5.41) is 3.32. The van der Waals surface area contributed by atoms with Crippen LogP contribution in [0.4, 0.5) is 0 Å². The van der Waals surface area contributed by atoms with Crippen molar-refractivity contribution in [3.63, 3.8) is 0 Å². The molecular formula is C9H16N3O2S+. The summed E-state index contributed by atoms with van der Waals surface area (Å²) in [6.07, 6.45) is 2.08. The molecule has 15 heavy (non-hydrogen) atoms. The topological polar surface area (TPSA) is 58.2 Å². The molecule has 0 radical (unpaired) electrons. The minimum absolute atomic E-state index is 0.335. The third-order valence-corrected chi connectivity index (χ3v) is 2.64. The predicted octanol–water partition coefficient (Wildman–Crippen LogP) is 0.0691. The number of unbranched alkanes of at least 4 members (excludes halogenated alkanes) is 1. The number of hydrogen-bond acceptors (Lipinski definition) is 3. The Morgan fingerprint density at radius 3 is 2.33 bits per heavy atom. The lowest BCUT2D eigenvalue weighted by atomic mass is 10.3. The van der Waals surface area contributed by atoms with Crippen molar-refractivity contribution >= 4 is 29.1 Å². The van der Waals surface area contributed by atoms with E-state index in [9.17, 15) is 9.59 Å². The summed E-state index contributed by atoms with van der Waals surface area (Å²) in [4.78, 5) is 22.2. The second-order valence-electron chi connectivity index (χ2n) is 3.46. The Balaban J connectivity index is 2.38. The largest absolute Gasteiger partial charge is 0.478 e. The quantitative estimate of drug-likeness (QED) is 0.230. The SMILES string of the molecule is CCCCNC(=S)N[N+]1(CC)C(=O)C1=O. The Morgan fingerprint density at radius 2 is 1.93 bits per heavy atom. The van der Waals surface area contributed by atoms with Gasteiger partial charge in [0.2, 0.25) is 5.11 Å². The molecule has 0 aromatic heterocycles. The molecule has 0 atom stereocenters. The Morgan fingerprint density at radius 1 is 1.33 bits per heavy atom. The van der Waals surface area contributed by atoms with Crippen molar-refractivity contribution in [1.82, 2.24) is 10.7 Å². The maximum atomic E-state index is 11.1. The molecule has 0 aliphatic carbocycles. The molecule has 1 rings (SSSR count). The van der Waals surface area contributed by atoms with E-state index >= 15 is 0 Å². The van der Waals surface area contributed by atoms with Crippen LogP contribution in [0.5, 0.6) is 0 Å². The molecule has 84 valence electrons. The monoisotopic (exact) mass is 230 g/mol. The van der Waals surface area contributed by atoms with Crippen molar-refractivity contribution in [2.75, 3.05) is 13.1 Å².